The van der Waals surface area contributed by atoms with Gasteiger partial charge in [0.2, 0.25) is 17.8 Å². The van der Waals surface area contributed by atoms with Gasteiger partial charge in [0, 0.05) is 22.3 Å². The SMILES string of the molecule is CCN(CC)c1nc(NN)nc(Nc2cccc(I)c2)n1. The third-order valence-corrected chi connectivity index (χ3v) is 3.55. The highest BCUT2D eigenvalue weighted by molar-refractivity contribution is 14.1. The molecular weight excluding hydrogens is 381 g/mol. The number of nitrogens with two attached hydrogens (primary N) is 1. The summed E-state index contributed by atoms with van der Waals surface area (Å²) in [5.41, 5.74) is 3.40. The number of benzene rings is 1. The van der Waals surface area contributed by atoms with Crippen molar-refractivity contribution in [2.75, 3.05) is 28.7 Å². The Bertz CT molecular complexity index is 601. The number of hydrogen-bond acceptors (Lipinski definition) is 7. The molecule has 0 aliphatic carbocycles. The lowest BCUT2D eigenvalue weighted by Crippen LogP contribution is -2.25. The quantitative estimate of drug-likeness (QED) is 0.390. The largest absolute Gasteiger partial charge is 0.341 e. The van der Waals surface area contributed by atoms with E-state index in [1.165, 1.54) is 0 Å². The molecular formula is C13H18IN7. The van der Waals surface area contributed by atoms with Gasteiger partial charge in [0.1, 0.15) is 0 Å². The summed E-state index contributed by atoms with van der Waals surface area (Å²) in [5, 5.41) is 3.17. The maximum absolute atomic E-state index is 5.44. The predicted octanol–water partition coefficient (Wildman–Crippen LogP) is 2.35. The Hall–Kier alpha value is -1.68. The molecule has 0 aliphatic heterocycles. The van der Waals surface area contributed by atoms with Gasteiger partial charge < -0.3 is 10.2 Å². The minimum Gasteiger partial charge on any atom is -0.341 e. The van der Waals surface area contributed by atoms with E-state index in [0.29, 0.717) is 17.8 Å². The van der Waals surface area contributed by atoms with Gasteiger partial charge in [-0.1, -0.05) is 6.07 Å². The lowest BCUT2D eigenvalue weighted by molar-refractivity contribution is 0.814. The van der Waals surface area contributed by atoms with Crippen LogP contribution in [0.4, 0.5) is 23.5 Å². The van der Waals surface area contributed by atoms with Crippen molar-refractivity contribution in [2.24, 2.45) is 5.84 Å². The molecule has 0 saturated heterocycles. The number of nitrogens with one attached hydrogen (secondary N) is 2. The van der Waals surface area contributed by atoms with Gasteiger partial charge in [0.25, 0.3) is 0 Å². The average Bonchev–Trinajstić information content (AvgIpc) is 2.48. The van der Waals surface area contributed by atoms with Crippen molar-refractivity contribution in [3.05, 3.63) is 27.8 Å². The molecule has 112 valence electrons. The molecule has 0 bridgehead atoms. The van der Waals surface area contributed by atoms with Gasteiger partial charge >= 0.3 is 0 Å². The van der Waals surface area contributed by atoms with E-state index in [4.69, 9.17) is 5.84 Å². The zero-order valence-corrected chi connectivity index (χ0v) is 14.1. The minimum atomic E-state index is 0.333. The Kier molecular flexibility index (Phi) is 5.51. The van der Waals surface area contributed by atoms with Gasteiger partial charge in [0.05, 0.1) is 0 Å². The lowest BCUT2D eigenvalue weighted by atomic mass is 10.3. The molecule has 7 nitrogen and oxygen atoms in total. The van der Waals surface area contributed by atoms with Crippen LogP contribution in [0.5, 0.6) is 0 Å². The zero-order valence-electron chi connectivity index (χ0n) is 12.0. The number of aromatic nitrogens is 3. The Morgan fingerprint density at radius 2 is 1.86 bits per heavy atom. The van der Waals surface area contributed by atoms with Gasteiger partial charge in [-0.3, -0.25) is 5.43 Å². The van der Waals surface area contributed by atoms with Crippen molar-refractivity contribution in [1.29, 1.82) is 0 Å². The standard InChI is InChI=1S/C13H18IN7/c1-3-21(4-2)13-18-11(17-12(19-13)20-15)16-10-7-5-6-9(14)8-10/h5-8H,3-4,15H2,1-2H3,(H2,16,17,18,19,20). The molecule has 8 heteroatoms. The van der Waals surface area contributed by atoms with Crippen LogP contribution in [-0.2, 0) is 0 Å². The lowest BCUT2D eigenvalue weighted by Gasteiger charge is -2.19. The van der Waals surface area contributed by atoms with Crippen LogP contribution < -0.4 is 21.5 Å². The van der Waals surface area contributed by atoms with Gasteiger partial charge in [-0.2, -0.15) is 15.0 Å². The first kappa shape index (κ1) is 15.7. The third kappa shape index (κ3) is 4.14. The molecule has 0 unspecified atom stereocenters. The maximum Gasteiger partial charge on any atom is 0.243 e. The molecule has 2 rings (SSSR count). The van der Waals surface area contributed by atoms with Crippen LogP contribution in [0.3, 0.4) is 0 Å². The highest BCUT2D eigenvalue weighted by Crippen LogP contribution is 2.19. The first-order chi connectivity index (χ1) is 10.2. The minimum absolute atomic E-state index is 0.333. The van der Waals surface area contributed by atoms with Crippen LogP contribution >= 0.6 is 22.6 Å². The van der Waals surface area contributed by atoms with E-state index in [0.717, 1.165) is 22.3 Å². The number of anilines is 4. The summed E-state index contributed by atoms with van der Waals surface area (Å²) in [6.45, 7) is 5.73. The maximum atomic E-state index is 5.44. The molecule has 1 heterocycles. The average molecular weight is 399 g/mol. The van der Waals surface area contributed by atoms with Crippen molar-refractivity contribution in [3.63, 3.8) is 0 Å². The third-order valence-electron chi connectivity index (χ3n) is 2.88. The molecule has 2 aromatic rings. The van der Waals surface area contributed by atoms with Gasteiger partial charge in [0.15, 0.2) is 0 Å². The Morgan fingerprint density at radius 1 is 1.14 bits per heavy atom. The van der Waals surface area contributed by atoms with Gasteiger partial charge in [-0.15, -0.1) is 0 Å². The number of halogens is 1. The fraction of sp³-hybridized carbons (Fsp3) is 0.308. The smallest absolute Gasteiger partial charge is 0.243 e. The summed E-state index contributed by atoms with van der Waals surface area (Å²) in [6, 6.07) is 7.96. The van der Waals surface area contributed by atoms with E-state index in [9.17, 15) is 0 Å². The Labute approximate surface area is 137 Å². The predicted molar refractivity (Wildman–Crippen MR) is 93.6 cm³/mol. The zero-order chi connectivity index (χ0) is 15.2. The van der Waals surface area contributed by atoms with Gasteiger partial charge in [-0.05, 0) is 54.6 Å². The molecule has 0 atom stereocenters. The molecule has 0 radical (unpaired) electrons. The summed E-state index contributed by atoms with van der Waals surface area (Å²) >= 11 is 2.26. The molecule has 1 aromatic heterocycles. The van der Waals surface area contributed by atoms with Crippen LogP contribution in [-0.4, -0.2) is 28.0 Å². The topological polar surface area (TPSA) is 92.0 Å². The fourth-order valence-electron chi connectivity index (χ4n) is 1.83. The normalized spacial score (nSPS) is 10.3. The van der Waals surface area contributed by atoms with Crippen LogP contribution in [0.25, 0.3) is 0 Å². The second kappa shape index (κ2) is 7.36. The van der Waals surface area contributed by atoms with Crippen LogP contribution in [0.1, 0.15) is 13.8 Å². The van der Waals surface area contributed by atoms with Crippen molar-refractivity contribution < 1.29 is 0 Å². The number of hydrazine groups is 1. The molecule has 0 spiro atoms. The molecule has 0 saturated carbocycles. The molecule has 0 aliphatic rings. The van der Waals surface area contributed by atoms with Crippen LogP contribution in [0.15, 0.2) is 24.3 Å². The van der Waals surface area contributed by atoms with Crippen molar-refractivity contribution in [3.8, 4) is 0 Å². The van der Waals surface area contributed by atoms with E-state index in [1.807, 2.05) is 29.2 Å². The monoisotopic (exact) mass is 399 g/mol. The van der Waals surface area contributed by atoms with Crippen molar-refractivity contribution >= 4 is 46.1 Å². The van der Waals surface area contributed by atoms with Crippen molar-refractivity contribution in [2.45, 2.75) is 13.8 Å². The Balaban J connectivity index is 2.32. The van der Waals surface area contributed by atoms with Gasteiger partial charge in [-0.25, -0.2) is 5.84 Å². The van der Waals surface area contributed by atoms with Crippen molar-refractivity contribution in [1.82, 2.24) is 15.0 Å². The number of rotatable bonds is 6. The number of nitrogens with zero attached hydrogens (tertiary/aromatic N) is 4. The summed E-state index contributed by atoms with van der Waals surface area (Å²) in [6.07, 6.45) is 0. The summed E-state index contributed by atoms with van der Waals surface area (Å²) in [4.78, 5) is 15.0. The number of hydrogen-bond donors (Lipinski definition) is 3. The van der Waals surface area contributed by atoms with Crippen LogP contribution in [0, 0.1) is 3.57 Å². The second-order valence-corrected chi connectivity index (χ2v) is 5.48. The summed E-state index contributed by atoms with van der Waals surface area (Å²) in [7, 11) is 0. The first-order valence-electron chi connectivity index (χ1n) is 6.66. The highest BCUT2D eigenvalue weighted by Gasteiger charge is 2.10. The van der Waals surface area contributed by atoms with Crippen LogP contribution in [0.2, 0.25) is 0 Å². The fourth-order valence-corrected chi connectivity index (χ4v) is 2.37. The van der Waals surface area contributed by atoms with E-state index in [2.05, 4.69) is 62.1 Å². The molecule has 21 heavy (non-hydrogen) atoms. The van der Waals surface area contributed by atoms with E-state index in [1.54, 1.807) is 0 Å². The molecule has 1 aromatic carbocycles. The molecule has 0 fully saturated rings. The first-order valence-corrected chi connectivity index (χ1v) is 7.74. The molecule has 0 amide bonds. The Morgan fingerprint density at radius 3 is 2.48 bits per heavy atom. The number of nitrogen functional groups attached to an aromatic ring is 1. The highest BCUT2D eigenvalue weighted by atomic mass is 127. The van der Waals surface area contributed by atoms with E-state index in [-0.39, 0.29) is 0 Å². The summed E-state index contributed by atoms with van der Waals surface area (Å²) < 4.78 is 1.13. The van der Waals surface area contributed by atoms with E-state index >= 15 is 0 Å². The summed E-state index contributed by atoms with van der Waals surface area (Å²) in [5.74, 6) is 6.82. The molecule has 4 N–H and O–H groups in total. The van der Waals surface area contributed by atoms with E-state index < -0.39 is 0 Å². The second-order valence-electron chi connectivity index (χ2n) is 4.23.